The van der Waals surface area contributed by atoms with Crippen LogP contribution in [0.1, 0.15) is 22.3 Å². The Morgan fingerprint density at radius 3 is 1.70 bits per heavy atom. The van der Waals surface area contributed by atoms with Crippen molar-refractivity contribution in [3.63, 3.8) is 0 Å². The molecule has 0 radical (unpaired) electrons. The Balaban J connectivity index is 1.47. The third-order valence-electron chi connectivity index (χ3n) is 7.62. The molecule has 0 amide bonds. The van der Waals surface area contributed by atoms with E-state index in [1.165, 1.54) is 44.5 Å². The van der Waals surface area contributed by atoms with Gasteiger partial charge in [0.2, 0.25) is 0 Å². The van der Waals surface area contributed by atoms with Gasteiger partial charge in [0.05, 0.1) is 11.1 Å². The zero-order valence-electron chi connectivity index (χ0n) is 20.4. The first-order valence-electron chi connectivity index (χ1n) is 12.7. The van der Waals surface area contributed by atoms with Crippen LogP contribution in [0.2, 0.25) is 0 Å². The third-order valence-corrected chi connectivity index (χ3v) is 7.62. The average molecular weight is 472 g/mol. The molecule has 0 bridgehead atoms. The highest BCUT2D eigenvalue weighted by molar-refractivity contribution is 5.88. The molecule has 0 unspecified atom stereocenters. The maximum absolute atomic E-state index is 4.77. The summed E-state index contributed by atoms with van der Waals surface area (Å²) >= 11 is 0. The van der Waals surface area contributed by atoms with Gasteiger partial charge in [-0.05, 0) is 62.7 Å². The molecule has 0 N–H and O–H groups in total. The lowest BCUT2D eigenvalue weighted by Gasteiger charge is -2.33. The Labute approximate surface area is 217 Å². The fraction of sp³-hybridized carbons (Fsp3) is 0.0278. The Morgan fingerprint density at radius 2 is 1.00 bits per heavy atom. The summed E-state index contributed by atoms with van der Waals surface area (Å²) in [6, 6.07) is 52.4. The molecule has 37 heavy (non-hydrogen) atoms. The SMILES string of the molecule is c1ccc(-c2ccnc(-c3ccc4c(c3)-c3ccccc3C4(c3ccccc3)c3ccccc3)c2)cc1. The molecule has 0 fully saturated rings. The summed E-state index contributed by atoms with van der Waals surface area (Å²) in [7, 11) is 0. The van der Waals surface area contributed by atoms with Crippen molar-refractivity contribution in [2.75, 3.05) is 0 Å². The quantitative estimate of drug-likeness (QED) is 0.250. The highest BCUT2D eigenvalue weighted by Crippen LogP contribution is 2.56. The summed E-state index contributed by atoms with van der Waals surface area (Å²) in [5.74, 6) is 0. The van der Waals surface area contributed by atoms with Crippen molar-refractivity contribution in [2.45, 2.75) is 5.41 Å². The number of benzene rings is 5. The first kappa shape index (κ1) is 21.5. The van der Waals surface area contributed by atoms with E-state index in [1.807, 2.05) is 6.20 Å². The predicted octanol–water partition coefficient (Wildman–Crippen LogP) is 8.78. The molecule has 0 saturated carbocycles. The largest absolute Gasteiger partial charge is 0.256 e. The van der Waals surface area contributed by atoms with Crippen LogP contribution in [0, 0.1) is 0 Å². The maximum Gasteiger partial charge on any atom is 0.0713 e. The van der Waals surface area contributed by atoms with Crippen LogP contribution in [0.15, 0.2) is 152 Å². The summed E-state index contributed by atoms with van der Waals surface area (Å²) < 4.78 is 0. The van der Waals surface area contributed by atoms with Gasteiger partial charge < -0.3 is 0 Å². The van der Waals surface area contributed by atoms with Crippen LogP contribution in [0.3, 0.4) is 0 Å². The first-order valence-corrected chi connectivity index (χ1v) is 12.7. The zero-order valence-corrected chi connectivity index (χ0v) is 20.4. The van der Waals surface area contributed by atoms with Gasteiger partial charge in [0, 0.05) is 11.8 Å². The molecule has 174 valence electrons. The molecule has 1 nitrogen and oxygen atoms in total. The Bertz CT molecular complexity index is 1660. The van der Waals surface area contributed by atoms with E-state index in [1.54, 1.807) is 0 Å². The minimum atomic E-state index is -0.369. The van der Waals surface area contributed by atoms with Crippen molar-refractivity contribution >= 4 is 0 Å². The van der Waals surface area contributed by atoms with Crippen LogP contribution >= 0.6 is 0 Å². The van der Waals surface area contributed by atoms with Gasteiger partial charge in [0.25, 0.3) is 0 Å². The van der Waals surface area contributed by atoms with Gasteiger partial charge in [-0.25, -0.2) is 0 Å². The second-order valence-corrected chi connectivity index (χ2v) is 9.58. The fourth-order valence-electron chi connectivity index (χ4n) is 6.01. The van der Waals surface area contributed by atoms with Crippen molar-refractivity contribution in [3.8, 4) is 33.5 Å². The molecule has 7 rings (SSSR count). The second kappa shape index (κ2) is 8.72. The lowest BCUT2D eigenvalue weighted by Crippen LogP contribution is -2.28. The van der Waals surface area contributed by atoms with E-state index >= 15 is 0 Å². The number of nitrogens with zero attached hydrogens (tertiary/aromatic N) is 1. The monoisotopic (exact) mass is 471 g/mol. The molecule has 0 saturated heterocycles. The van der Waals surface area contributed by atoms with Crippen molar-refractivity contribution in [1.82, 2.24) is 4.98 Å². The first-order chi connectivity index (χ1) is 18.4. The Kier molecular flexibility index (Phi) is 5.08. The van der Waals surface area contributed by atoms with Crippen LogP contribution in [0.25, 0.3) is 33.5 Å². The number of hydrogen-bond acceptors (Lipinski definition) is 1. The lowest BCUT2D eigenvalue weighted by molar-refractivity contribution is 0.768. The van der Waals surface area contributed by atoms with Crippen LogP contribution in [0.5, 0.6) is 0 Å². The summed E-state index contributed by atoms with van der Waals surface area (Å²) in [4.78, 5) is 4.77. The second-order valence-electron chi connectivity index (χ2n) is 9.58. The average Bonchev–Trinajstić information content (AvgIpc) is 3.29. The van der Waals surface area contributed by atoms with Crippen molar-refractivity contribution in [3.05, 3.63) is 174 Å². The minimum Gasteiger partial charge on any atom is -0.256 e. The molecule has 1 aromatic heterocycles. The normalized spacial score (nSPS) is 13.1. The smallest absolute Gasteiger partial charge is 0.0713 e. The van der Waals surface area contributed by atoms with E-state index in [0.29, 0.717) is 0 Å². The third kappa shape index (κ3) is 3.36. The molecule has 1 aliphatic carbocycles. The van der Waals surface area contributed by atoms with Crippen molar-refractivity contribution in [1.29, 1.82) is 0 Å². The number of rotatable bonds is 4. The topological polar surface area (TPSA) is 12.9 Å². The molecule has 0 atom stereocenters. The molecule has 1 heteroatoms. The summed E-state index contributed by atoms with van der Waals surface area (Å²) in [5.41, 5.74) is 11.9. The summed E-state index contributed by atoms with van der Waals surface area (Å²) in [6.07, 6.45) is 1.91. The van der Waals surface area contributed by atoms with Crippen LogP contribution in [0.4, 0.5) is 0 Å². The predicted molar refractivity (Wildman–Crippen MR) is 152 cm³/mol. The van der Waals surface area contributed by atoms with Gasteiger partial charge in [0.15, 0.2) is 0 Å². The highest BCUT2D eigenvalue weighted by atomic mass is 14.7. The van der Waals surface area contributed by atoms with E-state index < -0.39 is 0 Å². The maximum atomic E-state index is 4.77. The fourth-order valence-corrected chi connectivity index (χ4v) is 6.01. The van der Waals surface area contributed by atoms with E-state index in [9.17, 15) is 0 Å². The highest BCUT2D eigenvalue weighted by Gasteiger charge is 2.45. The van der Waals surface area contributed by atoms with Gasteiger partial charge in [-0.3, -0.25) is 4.98 Å². The molecule has 6 aromatic rings. The van der Waals surface area contributed by atoms with E-state index in [4.69, 9.17) is 4.98 Å². The standard InChI is InChI=1S/C36H25N/c1-4-12-26(13-5-1)27-22-23-37-35(25-27)28-20-21-34-32(24-28)31-18-10-11-19-33(31)36(34,29-14-6-2-7-15-29)30-16-8-3-9-17-30/h1-25H. The molecule has 0 spiro atoms. The molecular formula is C36H25N. The number of hydrogen-bond donors (Lipinski definition) is 0. The summed E-state index contributed by atoms with van der Waals surface area (Å²) in [5, 5.41) is 0. The number of aromatic nitrogens is 1. The molecule has 0 aliphatic heterocycles. The van der Waals surface area contributed by atoms with Gasteiger partial charge in [0.1, 0.15) is 0 Å². The summed E-state index contributed by atoms with van der Waals surface area (Å²) in [6.45, 7) is 0. The number of fused-ring (bicyclic) bond motifs is 3. The Hall–Kier alpha value is -4.75. The van der Waals surface area contributed by atoms with E-state index in [2.05, 4.69) is 146 Å². The van der Waals surface area contributed by atoms with E-state index in [0.717, 1.165) is 11.3 Å². The minimum absolute atomic E-state index is 0.369. The van der Waals surface area contributed by atoms with Gasteiger partial charge in [-0.1, -0.05) is 127 Å². The zero-order chi connectivity index (χ0) is 24.7. The van der Waals surface area contributed by atoms with Crippen LogP contribution in [-0.4, -0.2) is 4.98 Å². The number of pyridine rings is 1. The van der Waals surface area contributed by atoms with Crippen molar-refractivity contribution in [2.24, 2.45) is 0 Å². The van der Waals surface area contributed by atoms with Gasteiger partial charge >= 0.3 is 0 Å². The van der Waals surface area contributed by atoms with Crippen LogP contribution in [-0.2, 0) is 5.41 Å². The molecule has 5 aromatic carbocycles. The van der Waals surface area contributed by atoms with Gasteiger partial charge in [-0.2, -0.15) is 0 Å². The lowest BCUT2D eigenvalue weighted by atomic mass is 9.67. The Morgan fingerprint density at radius 1 is 0.405 bits per heavy atom. The van der Waals surface area contributed by atoms with Gasteiger partial charge in [-0.15, -0.1) is 0 Å². The van der Waals surface area contributed by atoms with Crippen molar-refractivity contribution < 1.29 is 0 Å². The van der Waals surface area contributed by atoms with Crippen LogP contribution < -0.4 is 0 Å². The molecular weight excluding hydrogens is 446 g/mol. The van der Waals surface area contributed by atoms with E-state index in [-0.39, 0.29) is 5.41 Å². The molecule has 1 aliphatic rings. The molecule has 1 heterocycles.